The quantitative estimate of drug-likeness (QED) is 0.251. The van der Waals surface area contributed by atoms with Gasteiger partial charge < -0.3 is 4.74 Å². The molecule has 0 amide bonds. The monoisotopic (exact) mass is 268 g/mol. The van der Waals surface area contributed by atoms with E-state index in [4.69, 9.17) is 4.74 Å². The normalized spacial score (nSPS) is 9.27. The van der Waals surface area contributed by atoms with Crippen molar-refractivity contribution in [2.24, 2.45) is 0 Å². The number of carbonyl (C=O) groups is 1. The zero-order chi connectivity index (χ0) is 8.69. The minimum Gasteiger partial charge on any atom is -0.462 e. The molecule has 0 aromatic carbocycles. The maximum atomic E-state index is 10.8. The van der Waals surface area contributed by atoms with E-state index in [0.717, 1.165) is 17.3 Å². The van der Waals surface area contributed by atoms with Crippen LogP contribution in [0.15, 0.2) is 12.2 Å². The van der Waals surface area contributed by atoms with Crippen molar-refractivity contribution in [3.05, 3.63) is 12.2 Å². The third kappa shape index (κ3) is 6.34. The SMILES string of the molecule is C=C(C)C(=O)OCCCCI. The molecule has 0 aliphatic rings. The molecule has 0 saturated heterocycles. The fourth-order valence-corrected chi connectivity index (χ4v) is 1.02. The maximum absolute atomic E-state index is 10.8. The van der Waals surface area contributed by atoms with Crippen molar-refractivity contribution in [3.8, 4) is 0 Å². The van der Waals surface area contributed by atoms with Gasteiger partial charge in [-0.15, -0.1) is 0 Å². The van der Waals surface area contributed by atoms with Crippen molar-refractivity contribution in [3.63, 3.8) is 0 Å². The number of carbonyl (C=O) groups excluding carboxylic acids is 1. The molecular weight excluding hydrogens is 255 g/mol. The molecule has 0 saturated carbocycles. The zero-order valence-electron chi connectivity index (χ0n) is 6.73. The van der Waals surface area contributed by atoms with Gasteiger partial charge in [-0.05, 0) is 24.2 Å². The van der Waals surface area contributed by atoms with Gasteiger partial charge in [0.25, 0.3) is 0 Å². The molecule has 2 nitrogen and oxygen atoms in total. The maximum Gasteiger partial charge on any atom is 0.333 e. The third-order valence-electron chi connectivity index (χ3n) is 1.11. The highest BCUT2D eigenvalue weighted by atomic mass is 127. The Hall–Kier alpha value is -0.0600. The van der Waals surface area contributed by atoms with Crippen LogP contribution in [0.1, 0.15) is 19.8 Å². The van der Waals surface area contributed by atoms with Gasteiger partial charge in [-0.3, -0.25) is 0 Å². The van der Waals surface area contributed by atoms with E-state index in [9.17, 15) is 4.79 Å². The lowest BCUT2D eigenvalue weighted by Crippen LogP contribution is -2.06. The van der Waals surface area contributed by atoms with Gasteiger partial charge in [0, 0.05) is 5.57 Å². The second-order valence-electron chi connectivity index (χ2n) is 2.31. The summed E-state index contributed by atoms with van der Waals surface area (Å²) in [4.78, 5) is 10.8. The van der Waals surface area contributed by atoms with Crippen LogP contribution in [-0.4, -0.2) is 17.0 Å². The van der Waals surface area contributed by atoms with Gasteiger partial charge in [0.15, 0.2) is 0 Å². The number of rotatable bonds is 5. The summed E-state index contributed by atoms with van der Waals surface area (Å²) in [5.41, 5.74) is 0.472. The molecule has 3 heteroatoms. The zero-order valence-corrected chi connectivity index (χ0v) is 8.89. The summed E-state index contributed by atoms with van der Waals surface area (Å²) in [6, 6.07) is 0. The molecule has 0 aliphatic carbocycles. The van der Waals surface area contributed by atoms with E-state index in [1.165, 1.54) is 0 Å². The molecule has 0 fully saturated rings. The molecule has 0 unspecified atom stereocenters. The van der Waals surface area contributed by atoms with Gasteiger partial charge in [0.1, 0.15) is 0 Å². The smallest absolute Gasteiger partial charge is 0.333 e. The predicted molar refractivity (Wildman–Crippen MR) is 53.9 cm³/mol. The summed E-state index contributed by atoms with van der Waals surface area (Å²) in [6.45, 7) is 5.65. The van der Waals surface area contributed by atoms with Crippen LogP contribution in [0.25, 0.3) is 0 Å². The van der Waals surface area contributed by atoms with E-state index < -0.39 is 0 Å². The summed E-state index contributed by atoms with van der Waals surface area (Å²) in [6.07, 6.45) is 2.05. The summed E-state index contributed by atoms with van der Waals surface area (Å²) in [5.74, 6) is -0.279. The van der Waals surface area contributed by atoms with Crippen LogP contribution in [0.3, 0.4) is 0 Å². The lowest BCUT2D eigenvalue weighted by molar-refractivity contribution is -0.139. The van der Waals surface area contributed by atoms with Crippen LogP contribution >= 0.6 is 22.6 Å². The van der Waals surface area contributed by atoms with Crippen LogP contribution < -0.4 is 0 Å². The van der Waals surface area contributed by atoms with Crippen LogP contribution in [0, 0.1) is 0 Å². The van der Waals surface area contributed by atoms with E-state index in [2.05, 4.69) is 29.2 Å². The first kappa shape index (κ1) is 10.9. The molecule has 0 bridgehead atoms. The largest absolute Gasteiger partial charge is 0.462 e. The first-order valence-electron chi connectivity index (χ1n) is 3.57. The van der Waals surface area contributed by atoms with Crippen LogP contribution in [-0.2, 0) is 9.53 Å². The summed E-state index contributed by atoms with van der Waals surface area (Å²) < 4.78 is 5.98. The number of hydrogen-bond acceptors (Lipinski definition) is 2. The first-order chi connectivity index (χ1) is 5.18. The molecule has 0 radical (unpaired) electrons. The fourth-order valence-electron chi connectivity index (χ4n) is 0.485. The van der Waals surface area contributed by atoms with Gasteiger partial charge in [0.2, 0.25) is 0 Å². The van der Waals surface area contributed by atoms with Gasteiger partial charge in [0.05, 0.1) is 6.61 Å². The number of esters is 1. The molecule has 64 valence electrons. The van der Waals surface area contributed by atoms with Crippen molar-refractivity contribution in [2.45, 2.75) is 19.8 Å². The number of hydrogen-bond donors (Lipinski definition) is 0. The molecule has 11 heavy (non-hydrogen) atoms. The van der Waals surface area contributed by atoms with E-state index in [-0.39, 0.29) is 5.97 Å². The van der Waals surface area contributed by atoms with E-state index in [0.29, 0.717) is 12.2 Å². The second-order valence-corrected chi connectivity index (χ2v) is 3.39. The number of alkyl halides is 1. The van der Waals surface area contributed by atoms with Gasteiger partial charge in [-0.2, -0.15) is 0 Å². The molecule has 0 rings (SSSR count). The number of ether oxygens (including phenoxy) is 1. The van der Waals surface area contributed by atoms with E-state index >= 15 is 0 Å². The Bertz CT molecular complexity index is 143. The second kappa shape index (κ2) is 6.64. The Morgan fingerprint density at radius 1 is 1.55 bits per heavy atom. The molecule has 0 heterocycles. The highest BCUT2D eigenvalue weighted by Gasteiger charge is 2.00. The number of unbranched alkanes of at least 4 members (excludes halogenated alkanes) is 1. The lowest BCUT2D eigenvalue weighted by Gasteiger charge is -2.01. The van der Waals surface area contributed by atoms with Crippen molar-refractivity contribution < 1.29 is 9.53 Å². The topological polar surface area (TPSA) is 26.3 Å². The molecule has 0 aromatic rings. The Labute approximate surface area is 81.1 Å². The van der Waals surface area contributed by atoms with E-state index in [1.807, 2.05) is 0 Å². The van der Waals surface area contributed by atoms with Gasteiger partial charge >= 0.3 is 5.97 Å². The molecule has 0 atom stereocenters. The third-order valence-corrected chi connectivity index (χ3v) is 1.87. The Balaban J connectivity index is 3.25. The van der Waals surface area contributed by atoms with Gasteiger partial charge in [-0.1, -0.05) is 29.2 Å². The highest BCUT2D eigenvalue weighted by molar-refractivity contribution is 14.1. The Morgan fingerprint density at radius 3 is 2.64 bits per heavy atom. The van der Waals surface area contributed by atoms with Crippen molar-refractivity contribution in [2.75, 3.05) is 11.0 Å². The highest BCUT2D eigenvalue weighted by Crippen LogP contribution is 1.97. The van der Waals surface area contributed by atoms with Crippen LogP contribution in [0.5, 0.6) is 0 Å². The first-order valence-corrected chi connectivity index (χ1v) is 5.09. The summed E-state index contributed by atoms with van der Waals surface area (Å²) >= 11 is 2.30. The van der Waals surface area contributed by atoms with Crippen molar-refractivity contribution in [1.29, 1.82) is 0 Å². The Morgan fingerprint density at radius 2 is 2.18 bits per heavy atom. The summed E-state index contributed by atoms with van der Waals surface area (Å²) in [7, 11) is 0. The molecule has 0 N–H and O–H groups in total. The molecule has 0 aliphatic heterocycles. The van der Waals surface area contributed by atoms with Crippen molar-refractivity contribution >= 4 is 28.6 Å². The standard InChI is InChI=1S/C8H13IO2/c1-7(2)8(10)11-6-4-3-5-9/h1,3-6H2,2H3. The number of halogens is 1. The minimum absolute atomic E-state index is 0.279. The molecule has 0 spiro atoms. The average molecular weight is 268 g/mol. The lowest BCUT2D eigenvalue weighted by atomic mass is 10.3. The van der Waals surface area contributed by atoms with Crippen molar-refractivity contribution in [1.82, 2.24) is 0 Å². The van der Waals surface area contributed by atoms with E-state index in [1.54, 1.807) is 6.92 Å². The minimum atomic E-state index is -0.279. The predicted octanol–water partition coefficient (Wildman–Crippen LogP) is 2.32. The van der Waals surface area contributed by atoms with Crippen LogP contribution in [0.2, 0.25) is 0 Å². The molecular formula is C8H13IO2. The fraction of sp³-hybridized carbons (Fsp3) is 0.625. The summed E-state index contributed by atoms with van der Waals surface area (Å²) in [5, 5.41) is 0. The average Bonchev–Trinajstić information content (AvgIpc) is 1.97. The Kier molecular flexibility index (Phi) is 6.60. The van der Waals surface area contributed by atoms with Gasteiger partial charge in [-0.25, -0.2) is 4.79 Å². The van der Waals surface area contributed by atoms with Crippen LogP contribution in [0.4, 0.5) is 0 Å². The molecule has 0 aromatic heterocycles.